The number of fused-ring (bicyclic) bond motifs is 1. The van der Waals surface area contributed by atoms with E-state index in [4.69, 9.17) is 27.9 Å². The molecule has 0 saturated heterocycles. The lowest BCUT2D eigenvalue weighted by molar-refractivity contribution is -0.0706. The number of rotatable bonds is 7. The molecule has 0 aliphatic heterocycles. The highest BCUT2D eigenvalue weighted by Gasteiger charge is 2.52. The van der Waals surface area contributed by atoms with Crippen molar-refractivity contribution in [2.24, 2.45) is 23.2 Å². The Kier molecular flexibility index (Phi) is 6.04. The van der Waals surface area contributed by atoms with Crippen molar-refractivity contribution in [1.82, 2.24) is 5.32 Å². The zero-order valence-electron chi connectivity index (χ0n) is 19.8. The van der Waals surface area contributed by atoms with Gasteiger partial charge in [0.15, 0.2) is 0 Å². The van der Waals surface area contributed by atoms with Gasteiger partial charge in [-0.15, -0.1) is 0 Å². The van der Waals surface area contributed by atoms with Gasteiger partial charge in [-0.05, 0) is 97.6 Å². The third-order valence-electron chi connectivity index (χ3n) is 8.99. The van der Waals surface area contributed by atoms with Crippen LogP contribution in [-0.4, -0.2) is 6.04 Å². The fraction of sp³-hybridized carbons (Fsp3) is 0.467. The summed E-state index contributed by atoms with van der Waals surface area (Å²) in [6.45, 7) is 3.67. The van der Waals surface area contributed by atoms with E-state index in [1.165, 1.54) is 54.9 Å². The van der Waals surface area contributed by atoms with Crippen LogP contribution in [0.3, 0.4) is 0 Å². The van der Waals surface area contributed by atoms with E-state index in [2.05, 4.69) is 48.6 Å². The minimum absolute atomic E-state index is 0.422. The van der Waals surface area contributed by atoms with Gasteiger partial charge < -0.3 is 10.1 Å². The summed E-state index contributed by atoms with van der Waals surface area (Å²) in [7, 11) is 0. The first-order chi connectivity index (χ1) is 16.5. The Hall–Kier alpha value is -1.74. The maximum atomic E-state index is 6.41. The molecule has 4 aliphatic carbocycles. The molecule has 4 aliphatic rings. The van der Waals surface area contributed by atoms with Crippen LogP contribution >= 0.6 is 23.2 Å². The Balaban J connectivity index is 1.24. The molecule has 0 aromatic heterocycles. The number of ether oxygens (including phenoxy) is 1. The molecule has 2 nitrogen and oxygen atoms in total. The fourth-order valence-electron chi connectivity index (χ4n) is 7.61. The van der Waals surface area contributed by atoms with E-state index in [-0.39, 0.29) is 0 Å². The smallest absolute Gasteiger partial charge is 0.124 e. The highest BCUT2D eigenvalue weighted by molar-refractivity contribution is 6.35. The van der Waals surface area contributed by atoms with Gasteiger partial charge >= 0.3 is 0 Å². The summed E-state index contributed by atoms with van der Waals surface area (Å²) in [5.74, 6) is 3.83. The monoisotopic (exact) mass is 493 g/mol. The van der Waals surface area contributed by atoms with E-state index in [0.29, 0.717) is 28.1 Å². The van der Waals surface area contributed by atoms with Crippen molar-refractivity contribution in [2.45, 2.75) is 64.6 Å². The molecular weight excluding hydrogens is 461 g/mol. The Morgan fingerprint density at radius 2 is 1.65 bits per heavy atom. The van der Waals surface area contributed by atoms with Gasteiger partial charge in [0.2, 0.25) is 0 Å². The maximum absolute atomic E-state index is 6.41. The molecular formula is C30H33Cl2NO. The minimum atomic E-state index is 0.422. The predicted octanol–water partition coefficient (Wildman–Crippen LogP) is 8.42. The first-order valence-electron chi connectivity index (χ1n) is 12.8. The van der Waals surface area contributed by atoms with Gasteiger partial charge in [0.1, 0.15) is 12.4 Å². The highest BCUT2D eigenvalue weighted by atomic mass is 35.5. The van der Waals surface area contributed by atoms with Gasteiger partial charge in [0.05, 0.1) is 0 Å². The van der Waals surface area contributed by atoms with E-state index in [0.717, 1.165) is 35.6 Å². The second-order valence-corrected chi connectivity index (χ2v) is 12.0. The summed E-state index contributed by atoms with van der Waals surface area (Å²) < 4.78 is 6.37. The van der Waals surface area contributed by atoms with Crippen LogP contribution in [-0.2, 0) is 13.2 Å². The van der Waals surface area contributed by atoms with Crippen LogP contribution in [0.5, 0.6) is 5.75 Å². The summed E-state index contributed by atoms with van der Waals surface area (Å²) in [4.78, 5) is 0. The Labute approximate surface area is 213 Å². The molecule has 0 unspecified atom stereocenters. The van der Waals surface area contributed by atoms with Crippen LogP contribution in [0.4, 0.5) is 0 Å². The molecule has 4 bridgehead atoms. The maximum Gasteiger partial charge on any atom is 0.124 e. The molecule has 4 fully saturated rings. The van der Waals surface area contributed by atoms with Gasteiger partial charge in [-0.25, -0.2) is 0 Å². The fourth-order valence-corrected chi connectivity index (χ4v) is 8.07. The summed E-state index contributed by atoms with van der Waals surface area (Å²) in [6, 6.07) is 19.0. The van der Waals surface area contributed by atoms with Crippen molar-refractivity contribution >= 4 is 34.0 Å². The van der Waals surface area contributed by atoms with Crippen molar-refractivity contribution in [3.8, 4) is 5.75 Å². The van der Waals surface area contributed by atoms with Crippen molar-refractivity contribution in [3.63, 3.8) is 0 Å². The van der Waals surface area contributed by atoms with Crippen LogP contribution < -0.4 is 10.1 Å². The molecule has 1 N–H and O–H groups in total. The third kappa shape index (κ3) is 4.23. The van der Waals surface area contributed by atoms with E-state index < -0.39 is 0 Å². The first kappa shape index (κ1) is 22.7. The second-order valence-electron chi connectivity index (χ2n) is 11.2. The lowest BCUT2D eigenvalue weighted by Crippen LogP contribution is -2.54. The third-order valence-corrected chi connectivity index (χ3v) is 9.57. The predicted molar refractivity (Wildman–Crippen MR) is 142 cm³/mol. The Bertz CT molecular complexity index is 1170. The summed E-state index contributed by atoms with van der Waals surface area (Å²) in [5.41, 5.74) is 2.66. The quantitative estimate of drug-likeness (QED) is 0.356. The normalized spacial score (nSPS) is 28.4. The van der Waals surface area contributed by atoms with Crippen LogP contribution in [0.15, 0.2) is 54.6 Å². The van der Waals surface area contributed by atoms with Gasteiger partial charge in [-0.1, -0.05) is 59.6 Å². The number of halogens is 2. The van der Waals surface area contributed by atoms with E-state index in [9.17, 15) is 0 Å². The molecule has 3 aromatic carbocycles. The van der Waals surface area contributed by atoms with Crippen molar-refractivity contribution in [3.05, 3.63) is 75.8 Å². The van der Waals surface area contributed by atoms with Crippen LogP contribution in [0.2, 0.25) is 10.0 Å². The summed E-state index contributed by atoms with van der Waals surface area (Å²) >= 11 is 12.5. The van der Waals surface area contributed by atoms with Gasteiger partial charge in [0, 0.05) is 33.8 Å². The molecule has 178 valence electrons. The number of hydrogen-bond donors (Lipinski definition) is 1. The standard InChI is InChI=1S/C30H33Cl2NO/c1-19(30-14-20-10-21(15-30)12-22(11-20)16-30)33-17-27-26-5-3-2-4-23(26)7-9-29(27)34-18-24-6-8-25(31)13-28(24)32/h2-9,13,19-22,33H,10-12,14-18H2,1H3/t19-,20?,21?,22?,30?/m1/s1. The number of hydrogen-bond acceptors (Lipinski definition) is 2. The number of nitrogens with one attached hydrogen (secondary N) is 1. The van der Waals surface area contributed by atoms with E-state index >= 15 is 0 Å². The topological polar surface area (TPSA) is 21.3 Å². The molecule has 0 radical (unpaired) electrons. The lowest BCUT2D eigenvalue weighted by Gasteiger charge is -2.59. The average molecular weight is 495 g/mol. The van der Waals surface area contributed by atoms with Gasteiger partial charge in [-0.2, -0.15) is 0 Å². The van der Waals surface area contributed by atoms with Gasteiger partial charge in [-0.3, -0.25) is 0 Å². The van der Waals surface area contributed by atoms with Crippen molar-refractivity contribution in [1.29, 1.82) is 0 Å². The zero-order valence-corrected chi connectivity index (χ0v) is 21.3. The van der Waals surface area contributed by atoms with Crippen LogP contribution in [0, 0.1) is 23.2 Å². The minimum Gasteiger partial charge on any atom is -0.488 e. The Morgan fingerprint density at radius 1 is 0.941 bits per heavy atom. The summed E-state index contributed by atoms with van der Waals surface area (Å²) in [6.07, 6.45) is 8.71. The molecule has 4 saturated carbocycles. The average Bonchev–Trinajstić information content (AvgIpc) is 2.81. The van der Waals surface area contributed by atoms with Crippen LogP contribution in [0.25, 0.3) is 10.8 Å². The molecule has 34 heavy (non-hydrogen) atoms. The molecule has 0 spiro atoms. The van der Waals surface area contributed by atoms with Gasteiger partial charge in [0.25, 0.3) is 0 Å². The molecule has 4 heteroatoms. The molecule has 3 aromatic rings. The van der Waals surface area contributed by atoms with Crippen molar-refractivity contribution < 1.29 is 4.74 Å². The first-order valence-corrected chi connectivity index (χ1v) is 13.6. The largest absolute Gasteiger partial charge is 0.488 e. The number of benzene rings is 3. The lowest BCUT2D eigenvalue weighted by atomic mass is 9.48. The molecule has 0 amide bonds. The zero-order chi connectivity index (χ0) is 23.3. The van der Waals surface area contributed by atoms with E-state index in [1.807, 2.05) is 12.1 Å². The Morgan fingerprint density at radius 3 is 2.35 bits per heavy atom. The molecule has 7 rings (SSSR count). The van der Waals surface area contributed by atoms with E-state index in [1.54, 1.807) is 6.07 Å². The van der Waals surface area contributed by atoms with Crippen molar-refractivity contribution in [2.75, 3.05) is 0 Å². The SMILES string of the molecule is C[C@@H](NCc1c(OCc2ccc(Cl)cc2Cl)ccc2ccccc12)C12CC3CC(CC(C3)C1)C2. The summed E-state index contributed by atoms with van der Waals surface area (Å²) in [5, 5.41) is 7.77. The molecule has 1 atom stereocenters. The highest BCUT2D eigenvalue weighted by Crippen LogP contribution is 2.61. The van der Waals surface area contributed by atoms with Crippen LogP contribution in [0.1, 0.15) is 56.6 Å². The molecule has 0 heterocycles. The second kappa shape index (κ2) is 9.04.